The van der Waals surface area contributed by atoms with Crippen LogP contribution in [-0.4, -0.2) is 35.2 Å². The summed E-state index contributed by atoms with van der Waals surface area (Å²) in [5.41, 5.74) is 1.73. The largest absolute Gasteiger partial charge is 0.453 e. The number of benzene rings is 1. The highest BCUT2D eigenvalue weighted by Gasteiger charge is 2.44. The lowest BCUT2D eigenvalue weighted by molar-refractivity contribution is -0.490. The van der Waals surface area contributed by atoms with Crippen molar-refractivity contribution in [3.63, 3.8) is 0 Å². The Morgan fingerprint density at radius 1 is 1.24 bits per heavy atom. The predicted molar refractivity (Wildman–Crippen MR) is 107 cm³/mol. The summed E-state index contributed by atoms with van der Waals surface area (Å²) >= 11 is 0. The molecule has 0 saturated heterocycles. The standard InChI is InChI=1S/C21H28N2O6/c1-12(2)15-5-7-16(8-6-15)22-21(26)14(4)29-20(25)10-17-18(11-23(27)28)13(3)9-19(17)24/h5-8,12-14,17-18H,9-11H2,1-4H3,(H,22,26)/t13-,14+,17+,18-/m1/s1. The highest BCUT2D eigenvalue weighted by atomic mass is 16.6. The van der Waals surface area contributed by atoms with Gasteiger partial charge in [-0.15, -0.1) is 0 Å². The number of Topliss-reactive ketones (excluding diaryl/α,β-unsaturated/α-hetero) is 1. The van der Waals surface area contributed by atoms with Gasteiger partial charge in [0.05, 0.1) is 6.42 Å². The van der Waals surface area contributed by atoms with Crippen LogP contribution in [0.2, 0.25) is 0 Å². The first-order valence-corrected chi connectivity index (χ1v) is 9.83. The van der Waals surface area contributed by atoms with Crippen molar-refractivity contribution in [2.45, 2.75) is 52.6 Å². The zero-order valence-corrected chi connectivity index (χ0v) is 17.2. The van der Waals surface area contributed by atoms with E-state index in [0.29, 0.717) is 11.6 Å². The van der Waals surface area contributed by atoms with Crippen LogP contribution >= 0.6 is 0 Å². The topological polar surface area (TPSA) is 116 Å². The van der Waals surface area contributed by atoms with Crippen LogP contribution in [0.15, 0.2) is 24.3 Å². The maximum absolute atomic E-state index is 12.3. The van der Waals surface area contributed by atoms with Gasteiger partial charge >= 0.3 is 5.97 Å². The van der Waals surface area contributed by atoms with Gasteiger partial charge in [0.15, 0.2) is 6.10 Å². The van der Waals surface area contributed by atoms with Gasteiger partial charge in [-0.05, 0) is 36.5 Å². The molecule has 1 N–H and O–H groups in total. The van der Waals surface area contributed by atoms with E-state index in [1.54, 1.807) is 19.1 Å². The van der Waals surface area contributed by atoms with Crippen molar-refractivity contribution in [2.75, 3.05) is 11.9 Å². The fourth-order valence-corrected chi connectivity index (χ4v) is 3.67. The van der Waals surface area contributed by atoms with Crippen LogP contribution in [-0.2, 0) is 19.1 Å². The van der Waals surface area contributed by atoms with Crippen molar-refractivity contribution in [3.05, 3.63) is 39.9 Å². The summed E-state index contributed by atoms with van der Waals surface area (Å²) in [6.07, 6.45) is -1.07. The van der Waals surface area contributed by atoms with Gasteiger partial charge in [-0.25, -0.2) is 0 Å². The number of ketones is 1. The third kappa shape index (κ3) is 6.10. The third-order valence-corrected chi connectivity index (χ3v) is 5.45. The molecule has 4 atom stereocenters. The van der Waals surface area contributed by atoms with Crippen LogP contribution in [0, 0.1) is 27.9 Å². The number of esters is 1. The monoisotopic (exact) mass is 404 g/mol. The van der Waals surface area contributed by atoms with E-state index in [2.05, 4.69) is 19.2 Å². The van der Waals surface area contributed by atoms with Crippen molar-refractivity contribution in [1.82, 2.24) is 0 Å². The summed E-state index contributed by atoms with van der Waals surface area (Å²) in [5, 5.41) is 13.5. The second-order valence-electron chi connectivity index (χ2n) is 8.04. The number of anilines is 1. The number of carbonyl (C=O) groups excluding carboxylic acids is 3. The number of rotatable bonds is 8. The van der Waals surface area contributed by atoms with Crippen molar-refractivity contribution in [3.8, 4) is 0 Å². The highest BCUT2D eigenvalue weighted by Crippen LogP contribution is 2.36. The molecule has 0 aliphatic heterocycles. The zero-order chi connectivity index (χ0) is 21.7. The SMILES string of the molecule is CC(C)c1ccc(NC(=O)[C@H](C)OC(=O)C[C@@H]2C(=O)C[C@@H](C)[C@H]2C[N+](=O)[O-])cc1. The van der Waals surface area contributed by atoms with Crippen molar-refractivity contribution < 1.29 is 24.0 Å². The number of hydrogen-bond acceptors (Lipinski definition) is 6. The molecule has 1 amide bonds. The summed E-state index contributed by atoms with van der Waals surface area (Å²) in [5.74, 6) is -2.36. The Morgan fingerprint density at radius 2 is 1.86 bits per heavy atom. The molecule has 8 heteroatoms. The second kappa shape index (κ2) is 9.62. The number of nitrogens with one attached hydrogen (secondary N) is 1. The van der Waals surface area contributed by atoms with Crippen LogP contribution in [0.5, 0.6) is 0 Å². The normalized spacial score (nSPS) is 22.4. The molecule has 0 bridgehead atoms. The van der Waals surface area contributed by atoms with E-state index in [1.165, 1.54) is 6.92 Å². The van der Waals surface area contributed by atoms with Gasteiger partial charge in [0, 0.05) is 28.9 Å². The minimum Gasteiger partial charge on any atom is -0.453 e. The van der Waals surface area contributed by atoms with E-state index in [4.69, 9.17) is 4.74 Å². The summed E-state index contributed by atoms with van der Waals surface area (Å²) in [6.45, 7) is 7.01. The van der Waals surface area contributed by atoms with E-state index in [-0.39, 0.29) is 31.1 Å². The van der Waals surface area contributed by atoms with Crippen molar-refractivity contribution in [1.29, 1.82) is 0 Å². The third-order valence-electron chi connectivity index (χ3n) is 5.45. The first-order valence-electron chi connectivity index (χ1n) is 9.83. The Balaban J connectivity index is 1.91. The number of nitro groups is 1. The molecule has 0 radical (unpaired) electrons. The lowest BCUT2D eigenvalue weighted by Gasteiger charge is -2.19. The highest BCUT2D eigenvalue weighted by molar-refractivity contribution is 5.95. The van der Waals surface area contributed by atoms with Crippen LogP contribution in [0.25, 0.3) is 0 Å². The van der Waals surface area contributed by atoms with E-state index >= 15 is 0 Å². The van der Waals surface area contributed by atoms with Gasteiger partial charge in [0.25, 0.3) is 5.91 Å². The molecule has 1 aromatic carbocycles. The van der Waals surface area contributed by atoms with Gasteiger partial charge < -0.3 is 10.1 Å². The minimum absolute atomic E-state index is 0.153. The summed E-state index contributed by atoms with van der Waals surface area (Å²) in [4.78, 5) is 47.1. The molecular weight excluding hydrogens is 376 g/mol. The van der Waals surface area contributed by atoms with E-state index < -0.39 is 34.7 Å². The Kier molecular flexibility index (Phi) is 7.47. The first kappa shape index (κ1) is 22.5. The molecule has 0 spiro atoms. The average Bonchev–Trinajstić information content (AvgIpc) is 2.88. The Labute approximate surface area is 170 Å². The van der Waals surface area contributed by atoms with Crippen LogP contribution in [0.1, 0.15) is 52.0 Å². The molecule has 29 heavy (non-hydrogen) atoms. The van der Waals surface area contributed by atoms with Crippen LogP contribution in [0.4, 0.5) is 5.69 Å². The number of hydrogen-bond donors (Lipinski definition) is 1. The molecule has 1 aliphatic rings. The predicted octanol–water partition coefficient (Wildman–Crippen LogP) is 3.19. The fourth-order valence-electron chi connectivity index (χ4n) is 3.67. The Hall–Kier alpha value is -2.77. The van der Waals surface area contributed by atoms with E-state index in [9.17, 15) is 24.5 Å². The van der Waals surface area contributed by atoms with Gasteiger partial charge in [0.1, 0.15) is 5.78 Å². The van der Waals surface area contributed by atoms with Crippen molar-refractivity contribution in [2.24, 2.45) is 17.8 Å². The Morgan fingerprint density at radius 3 is 2.41 bits per heavy atom. The summed E-state index contributed by atoms with van der Waals surface area (Å²) < 4.78 is 5.17. The molecule has 8 nitrogen and oxygen atoms in total. The number of ether oxygens (including phenoxy) is 1. The molecular formula is C21H28N2O6. The average molecular weight is 404 g/mol. The van der Waals surface area contributed by atoms with Gasteiger partial charge in [-0.3, -0.25) is 24.5 Å². The number of nitrogens with zero attached hydrogens (tertiary/aromatic N) is 1. The van der Waals surface area contributed by atoms with Crippen molar-refractivity contribution >= 4 is 23.3 Å². The molecule has 0 unspecified atom stereocenters. The second-order valence-corrected chi connectivity index (χ2v) is 8.04. The maximum atomic E-state index is 12.3. The quantitative estimate of drug-likeness (QED) is 0.404. The molecule has 1 aliphatic carbocycles. The maximum Gasteiger partial charge on any atom is 0.307 e. The molecule has 1 aromatic rings. The lowest BCUT2D eigenvalue weighted by atomic mass is 9.88. The first-order chi connectivity index (χ1) is 13.6. The molecule has 0 aromatic heterocycles. The van der Waals surface area contributed by atoms with Crippen LogP contribution in [0.3, 0.4) is 0 Å². The molecule has 2 rings (SSSR count). The Bertz CT molecular complexity index is 774. The molecule has 158 valence electrons. The summed E-state index contributed by atoms with van der Waals surface area (Å²) in [6, 6.07) is 7.39. The fraction of sp³-hybridized carbons (Fsp3) is 0.571. The van der Waals surface area contributed by atoms with E-state index in [1.807, 2.05) is 12.1 Å². The zero-order valence-electron chi connectivity index (χ0n) is 17.2. The van der Waals surface area contributed by atoms with Gasteiger partial charge in [-0.1, -0.05) is 32.9 Å². The molecule has 1 saturated carbocycles. The lowest BCUT2D eigenvalue weighted by Crippen LogP contribution is -2.32. The number of carbonyl (C=O) groups is 3. The molecule has 1 fully saturated rings. The minimum atomic E-state index is -1.05. The summed E-state index contributed by atoms with van der Waals surface area (Å²) in [7, 11) is 0. The smallest absolute Gasteiger partial charge is 0.307 e. The van der Waals surface area contributed by atoms with Crippen LogP contribution < -0.4 is 5.32 Å². The molecule has 0 heterocycles. The number of amides is 1. The van der Waals surface area contributed by atoms with Gasteiger partial charge in [-0.2, -0.15) is 0 Å². The van der Waals surface area contributed by atoms with E-state index in [0.717, 1.165) is 5.56 Å². The van der Waals surface area contributed by atoms with Gasteiger partial charge in [0.2, 0.25) is 6.54 Å².